The molecular weight excluding hydrogens is 478 g/mol. The maximum absolute atomic E-state index is 13.0. The molecule has 35 heavy (non-hydrogen) atoms. The van der Waals surface area contributed by atoms with Crippen LogP contribution >= 0.6 is 24.0 Å². The molecule has 7 heteroatoms. The quantitative estimate of drug-likeness (QED) is 0.186. The van der Waals surface area contributed by atoms with Gasteiger partial charge in [-0.05, 0) is 73.9 Å². The van der Waals surface area contributed by atoms with Gasteiger partial charge in [0.05, 0.1) is 17.2 Å². The largest absolute Gasteiger partial charge is 0.490 e. The summed E-state index contributed by atoms with van der Waals surface area (Å²) >= 11 is 6.75. The van der Waals surface area contributed by atoms with Crippen LogP contribution in [-0.4, -0.2) is 30.0 Å². The van der Waals surface area contributed by atoms with Crippen LogP contribution in [0.3, 0.4) is 0 Å². The summed E-state index contributed by atoms with van der Waals surface area (Å²) in [6.45, 7) is 7.27. The summed E-state index contributed by atoms with van der Waals surface area (Å²) in [5, 5.41) is 0. The normalized spacial score (nSPS) is 14.5. The molecule has 0 saturated carbocycles. The number of aryl methyl sites for hydroxylation is 2. The lowest BCUT2D eigenvalue weighted by Gasteiger charge is -2.14. The van der Waals surface area contributed by atoms with Crippen LogP contribution in [0.1, 0.15) is 23.6 Å². The Kier molecular flexibility index (Phi) is 8.10. The molecule has 0 aromatic heterocycles. The number of hydrogen-bond acceptors (Lipinski definition) is 6. The Bertz CT molecular complexity index is 1260. The van der Waals surface area contributed by atoms with E-state index in [2.05, 4.69) is 6.07 Å². The fourth-order valence-corrected chi connectivity index (χ4v) is 4.89. The van der Waals surface area contributed by atoms with Gasteiger partial charge in [-0.2, -0.15) is 0 Å². The molecule has 4 rings (SSSR count). The lowest BCUT2D eigenvalue weighted by atomic mass is 10.1. The van der Waals surface area contributed by atoms with Gasteiger partial charge in [0.15, 0.2) is 15.8 Å². The number of carbonyl (C=O) groups excluding carboxylic acids is 1. The second-order valence-corrected chi connectivity index (χ2v) is 9.63. The Balaban J connectivity index is 1.44. The van der Waals surface area contributed by atoms with Crippen LogP contribution in [0.4, 0.5) is 5.69 Å². The molecule has 1 saturated heterocycles. The molecule has 1 amide bonds. The van der Waals surface area contributed by atoms with Crippen molar-refractivity contribution < 1.29 is 19.0 Å². The zero-order chi connectivity index (χ0) is 24.8. The van der Waals surface area contributed by atoms with Crippen molar-refractivity contribution in [3.8, 4) is 17.2 Å². The van der Waals surface area contributed by atoms with E-state index >= 15 is 0 Å². The minimum absolute atomic E-state index is 0.131. The number of carbonyl (C=O) groups is 1. The van der Waals surface area contributed by atoms with Gasteiger partial charge in [-0.3, -0.25) is 9.69 Å². The lowest BCUT2D eigenvalue weighted by molar-refractivity contribution is -0.113. The molecule has 0 N–H and O–H groups in total. The fourth-order valence-electron chi connectivity index (χ4n) is 3.59. The standard InChI is InChI=1S/C28H27NO4S2/c1-4-31-25-17-21(18-26-27(30)29(28(34)35-26)22-8-6-5-7-9-22)12-13-23(25)32-14-15-33-24-16-19(2)10-11-20(24)3/h5-13,16-18H,4,14-15H2,1-3H3/b26-18-. The third kappa shape index (κ3) is 6.05. The van der Waals surface area contributed by atoms with Gasteiger partial charge < -0.3 is 14.2 Å². The van der Waals surface area contributed by atoms with Gasteiger partial charge in [-0.25, -0.2) is 0 Å². The number of rotatable bonds is 9. The Morgan fingerprint density at radius 1 is 0.886 bits per heavy atom. The second kappa shape index (κ2) is 11.4. The number of benzene rings is 3. The predicted molar refractivity (Wildman–Crippen MR) is 147 cm³/mol. The zero-order valence-corrected chi connectivity index (χ0v) is 21.6. The van der Waals surface area contributed by atoms with Crippen LogP contribution in [0, 0.1) is 13.8 Å². The molecule has 180 valence electrons. The van der Waals surface area contributed by atoms with Crippen LogP contribution in [0.15, 0.2) is 71.6 Å². The number of thiocarbonyl (C=S) groups is 1. The minimum Gasteiger partial charge on any atom is -0.490 e. The van der Waals surface area contributed by atoms with E-state index in [1.165, 1.54) is 11.8 Å². The molecular formula is C28H27NO4S2. The summed E-state index contributed by atoms with van der Waals surface area (Å²) in [5.41, 5.74) is 3.84. The molecule has 1 aliphatic heterocycles. The van der Waals surface area contributed by atoms with Crippen molar-refractivity contribution in [2.24, 2.45) is 0 Å². The number of thioether (sulfide) groups is 1. The van der Waals surface area contributed by atoms with Gasteiger partial charge in [0.1, 0.15) is 19.0 Å². The molecule has 0 radical (unpaired) electrons. The smallest absolute Gasteiger partial charge is 0.270 e. The van der Waals surface area contributed by atoms with E-state index in [0.717, 1.165) is 28.1 Å². The number of ether oxygens (including phenoxy) is 3. The van der Waals surface area contributed by atoms with Crippen LogP contribution in [0.25, 0.3) is 6.08 Å². The summed E-state index contributed by atoms with van der Waals surface area (Å²) in [7, 11) is 0. The summed E-state index contributed by atoms with van der Waals surface area (Å²) < 4.78 is 18.2. The van der Waals surface area contributed by atoms with Crippen molar-refractivity contribution in [2.45, 2.75) is 20.8 Å². The van der Waals surface area contributed by atoms with E-state index in [1.54, 1.807) is 4.90 Å². The summed E-state index contributed by atoms with van der Waals surface area (Å²) in [4.78, 5) is 15.1. The zero-order valence-electron chi connectivity index (χ0n) is 19.9. The van der Waals surface area contributed by atoms with Crippen molar-refractivity contribution >= 4 is 46.0 Å². The molecule has 1 fully saturated rings. The average molecular weight is 506 g/mol. The first-order valence-corrected chi connectivity index (χ1v) is 12.6. The average Bonchev–Trinajstić information content (AvgIpc) is 3.13. The highest BCUT2D eigenvalue weighted by Gasteiger charge is 2.33. The van der Waals surface area contributed by atoms with E-state index in [9.17, 15) is 4.79 Å². The lowest BCUT2D eigenvalue weighted by Crippen LogP contribution is -2.27. The van der Waals surface area contributed by atoms with E-state index < -0.39 is 0 Å². The van der Waals surface area contributed by atoms with Crippen molar-refractivity contribution in [1.82, 2.24) is 0 Å². The summed E-state index contributed by atoms with van der Waals surface area (Å²) in [5.74, 6) is 1.98. The van der Waals surface area contributed by atoms with Crippen LogP contribution in [0.5, 0.6) is 17.2 Å². The Morgan fingerprint density at radius 2 is 1.63 bits per heavy atom. The van der Waals surface area contributed by atoms with Crippen molar-refractivity contribution in [1.29, 1.82) is 0 Å². The minimum atomic E-state index is -0.131. The fraction of sp³-hybridized carbons (Fsp3) is 0.214. The van der Waals surface area contributed by atoms with Gasteiger partial charge in [-0.15, -0.1) is 0 Å². The first-order valence-electron chi connectivity index (χ1n) is 11.4. The molecule has 0 spiro atoms. The Labute approximate surface area is 215 Å². The van der Waals surface area contributed by atoms with Crippen molar-refractivity contribution in [3.05, 3.63) is 88.3 Å². The highest BCUT2D eigenvalue weighted by Crippen LogP contribution is 2.37. The monoisotopic (exact) mass is 505 g/mol. The SMILES string of the molecule is CCOc1cc(/C=C2\SC(=S)N(c3ccccc3)C2=O)ccc1OCCOc1cc(C)ccc1C. The van der Waals surface area contributed by atoms with E-state index in [4.69, 9.17) is 26.4 Å². The Hall–Kier alpha value is -3.29. The first kappa shape index (κ1) is 24.8. The van der Waals surface area contributed by atoms with Gasteiger partial charge in [-0.1, -0.05) is 60.4 Å². The van der Waals surface area contributed by atoms with E-state index in [0.29, 0.717) is 40.5 Å². The number of hydrogen-bond donors (Lipinski definition) is 0. The van der Waals surface area contributed by atoms with Gasteiger partial charge in [0.25, 0.3) is 5.91 Å². The maximum Gasteiger partial charge on any atom is 0.270 e. The van der Waals surface area contributed by atoms with Crippen molar-refractivity contribution in [2.75, 3.05) is 24.7 Å². The topological polar surface area (TPSA) is 48.0 Å². The third-order valence-electron chi connectivity index (χ3n) is 5.32. The molecule has 1 heterocycles. The van der Waals surface area contributed by atoms with Gasteiger partial charge >= 0.3 is 0 Å². The third-order valence-corrected chi connectivity index (χ3v) is 6.62. The van der Waals surface area contributed by atoms with Gasteiger partial charge in [0, 0.05) is 0 Å². The van der Waals surface area contributed by atoms with E-state index in [1.807, 2.05) is 87.5 Å². The first-order chi connectivity index (χ1) is 17.0. The summed E-state index contributed by atoms with van der Waals surface area (Å²) in [6.07, 6.45) is 1.83. The highest BCUT2D eigenvalue weighted by molar-refractivity contribution is 8.27. The predicted octanol–water partition coefficient (Wildman–Crippen LogP) is 6.57. The summed E-state index contributed by atoms with van der Waals surface area (Å²) in [6, 6.07) is 21.2. The molecule has 0 aliphatic carbocycles. The van der Waals surface area contributed by atoms with Crippen LogP contribution < -0.4 is 19.1 Å². The van der Waals surface area contributed by atoms with Crippen LogP contribution in [-0.2, 0) is 4.79 Å². The molecule has 3 aromatic carbocycles. The van der Waals surface area contributed by atoms with Crippen molar-refractivity contribution in [3.63, 3.8) is 0 Å². The number of anilines is 1. The molecule has 0 bridgehead atoms. The van der Waals surface area contributed by atoms with Crippen LogP contribution in [0.2, 0.25) is 0 Å². The molecule has 0 atom stereocenters. The molecule has 0 unspecified atom stereocenters. The number of amides is 1. The molecule has 5 nitrogen and oxygen atoms in total. The highest BCUT2D eigenvalue weighted by atomic mass is 32.2. The maximum atomic E-state index is 13.0. The number of para-hydroxylation sites is 1. The van der Waals surface area contributed by atoms with E-state index in [-0.39, 0.29) is 5.91 Å². The Morgan fingerprint density at radius 3 is 2.37 bits per heavy atom. The molecule has 3 aromatic rings. The van der Waals surface area contributed by atoms with Gasteiger partial charge in [0.2, 0.25) is 0 Å². The number of nitrogens with zero attached hydrogens (tertiary/aromatic N) is 1. The second-order valence-electron chi connectivity index (χ2n) is 7.96. The molecule has 1 aliphatic rings.